The van der Waals surface area contributed by atoms with Gasteiger partial charge in [0, 0.05) is 19.1 Å². The first-order chi connectivity index (χ1) is 8.22. The number of piperidine rings is 1. The van der Waals surface area contributed by atoms with Crippen LogP contribution in [0.3, 0.4) is 0 Å². The lowest BCUT2D eigenvalue weighted by molar-refractivity contribution is 0.0640. The van der Waals surface area contributed by atoms with E-state index in [1.807, 2.05) is 4.90 Å². The molecule has 17 heavy (non-hydrogen) atoms. The van der Waals surface area contributed by atoms with E-state index in [1.165, 1.54) is 6.20 Å². The van der Waals surface area contributed by atoms with Gasteiger partial charge in [-0.05, 0) is 18.9 Å². The Kier molecular flexibility index (Phi) is 3.73. The molecular formula is C11H19N5O. The summed E-state index contributed by atoms with van der Waals surface area (Å²) in [5.74, 6) is 0.445. The van der Waals surface area contributed by atoms with Gasteiger partial charge in [-0.25, -0.2) is 0 Å². The van der Waals surface area contributed by atoms with Gasteiger partial charge in [-0.2, -0.15) is 15.4 Å². The Bertz CT molecular complexity index is 364. The maximum Gasteiger partial charge on any atom is 0.276 e. The lowest BCUT2D eigenvalue weighted by atomic mass is 9.93. The molecule has 0 spiro atoms. The van der Waals surface area contributed by atoms with Crippen LogP contribution in [0.15, 0.2) is 6.20 Å². The number of nitrogens with zero attached hydrogens (tertiary/aromatic N) is 3. The number of likely N-dealkylation sites (tertiary alicyclic amines) is 1. The quantitative estimate of drug-likeness (QED) is 0.791. The molecule has 94 valence electrons. The Morgan fingerprint density at radius 1 is 1.71 bits per heavy atom. The Hall–Kier alpha value is -1.43. The van der Waals surface area contributed by atoms with Gasteiger partial charge in [0.25, 0.3) is 5.91 Å². The minimum atomic E-state index is -0.0273. The fourth-order valence-electron chi connectivity index (χ4n) is 2.36. The van der Waals surface area contributed by atoms with Crippen LogP contribution in [0.25, 0.3) is 0 Å². The van der Waals surface area contributed by atoms with Gasteiger partial charge in [-0.1, -0.05) is 13.8 Å². The normalized spacial score (nSPS) is 24.9. The molecule has 6 nitrogen and oxygen atoms in total. The van der Waals surface area contributed by atoms with Crippen molar-refractivity contribution in [2.24, 2.45) is 5.92 Å². The Morgan fingerprint density at radius 3 is 3.12 bits per heavy atom. The number of aromatic nitrogens is 3. The molecule has 2 heterocycles. The van der Waals surface area contributed by atoms with Crippen LogP contribution >= 0.6 is 0 Å². The van der Waals surface area contributed by atoms with Gasteiger partial charge in [-0.3, -0.25) is 4.79 Å². The number of carbonyl (C=O) groups excluding carboxylic acids is 1. The van der Waals surface area contributed by atoms with E-state index in [0.29, 0.717) is 17.7 Å². The van der Waals surface area contributed by atoms with E-state index in [-0.39, 0.29) is 5.91 Å². The summed E-state index contributed by atoms with van der Waals surface area (Å²) in [4.78, 5) is 13.9. The zero-order chi connectivity index (χ0) is 12.3. The number of aromatic amines is 1. The molecule has 1 aliphatic heterocycles. The smallest absolute Gasteiger partial charge is 0.276 e. The molecule has 2 N–H and O–H groups in total. The van der Waals surface area contributed by atoms with Gasteiger partial charge in [-0.15, -0.1) is 0 Å². The van der Waals surface area contributed by atoms with Crippen molar-refractivity contribution in [2.45, 2.75) is 26.3 Å². The number of nitrogens with one attached hydrogen (secondary N) is 2. The first-order valence-electron chi connectivity index (χ1n) is 6.10. The molecule has 6 heteroatoms. The second kappa shape index (κ2) is 5.27. The molecule has 1 fully saturated rings. The second-order valence-electron chi connectivity index (χ2n) is 4.54. The van der Waals surface area contributed by atoms with Gasteiger partial charge >= 0.3 is 0 Å². The molecular weight excluding hydrogens is 218 g/mol. The van der Waals surface area contributed by atoms with E-state index < -0.39 is 0 Å². The topological polar surface area (TPSA) is 73.9 Å². The average Bonchev–Trinajstić information content (AvgIpc) is 2.84. The molecule has 1 aromatic rings. The SMILES string of the molecule is CCNC1CCN(C(=O)c2cn[nH]n2)CC1C. The highest BCUT2D eigenvalue weighted by molar-refractivity contribution is 5.91. The van der Waals surface area contributed by atoms with Crippen molar-refractivity contribution < 1.29 is 4.79 Å². The summed E-state index contributed by atoms with van der Waals surface area (Å²) in [6.45, 7) is 6.83. The van der Waals surface area contributed by atoms with E-state index in [4.69, 9.17) is 0 Å². The number of amides is 1. The molecule has 2 atom stereocenters. The van der Waals surface area contributed by atoms with Crippen LogP contribution < -0.4 is 5.32 Å². The molecule has 0 bridgehead atoms. The van der Waals surface area contributed by atoms with Crippen LogP contribution in [0.2, 0.25) is 0 Å². The van der Waals surface area contributed by atoms with Crippen LogP contribution in [-0.4, -0.2) is 51.9 Å². The van der Waals surface area contributed by atoms with E-state index in [0.717, 1.165) is 26.1 Å². The maximum atomic E-state index is 12.1. The second-order valence-corrected chi connectivity index (χ2v) is 4.54. The number of carbonyl (C=O) groups is 1. The van der Waals surface area contributed by atoms with Crippen LogP contribution in [-0.2, 0) is 0 Å². The molecule has 0 aromatic carbocycles. The van der Waals surface area contributed by atoms with Crippen LogP contribution in [0, 0.1) is 5.92 Å². The monoisotopic (exact) mass is 237 g/mol. The van der Waals surface area contributed by atoms with Gasteiger partial charge in [0.1, 0.15) is 0 Å². The third-order valence-electron chi connectivity index (χ3n) is 3.29. The van der Waals surface area contributed by atoms with E-state index >= 15 is 0 Å². The first-order valence-corrected chi connectivity index (χ1v) is 6.10. The standard InChI is InChI=1S/C11H19N5O/c1-3-12-9-4-5-16(7-8(9)2)11(17)10-6-13-15-14-10/h6,8-9,12H,3-5,7H2,1-2H3,(H,13,14,15). The highest BCUT2D eigenvalue weighted by Gasteiger charge is 2.29. The first kappa shape index (κ1) is 12.0. The fourth-order valence-corrected chi connectivity index (χ4v) is 2.36. The average molecular weight is 237 g/mol. The van der Waals surface area contributed by atoms with Crippen molar-refractivity contribution in [1.82, 2.24) is 25.6 Å². The summed E-state index contributed by atoms with van der Waals surface area (Å²) in [5, 5.41) is 13.4. The molecule has 1 aromatic heterocycles. The van der Waals surface area contributed by atoms with Gasteiger partial charge in [0.15, 0.2) is 5.69 Å². The predicted octanol–water partition coefficient (Wildman–Crippen LogP) is 0.265. The Morgan fingerprint density at radius 2 is 2.53 bits per heavy atom. The van der Waals surface area contributed by atoms with Crippen molar-refractivity contribution in [3.05, 3.63) is 11.9 Å². The Balaban J connectivity index is 1.95. The lowest BCUT2D eigenvalue weighted by Gasteiger charge is -2.36. The minimum Gasteiger partial charge on any atom is -0.337 e. The third-order valence-corrected chi connectivity index (χ3v) is 3.29. The summed E-state index contributed by atoms with van der Waals surface area (Å²) >= 11 is 0. The number of hydrogen-bond donors (Lipinski definition) is 2. The highest BCUT2D eigenvalue weighted by atomic mass is 16.2. The lowest BCUT2D eigenvalue weighted by Crippen LogP contribution is -2.50. The van der Waals surface area contributed by atoms with Crippen molar-refractivity contribution in [1.29, 1.82) is 0 Å². The van der Waals surface area contributed by atoms with Crippen LogP contribution in [0.4, 0.5) is 0 Å². The summed E-state index contributed by atoms with van der Waals surface area (Å²) < 4.78 is 0. The van der Waals surface area contributed by atoms with Gasteiger partial charge in [0.05, 0.1) is 6.20 Å². The molecule has 0 aliphatic carbocycles. The summed E-state index contributed by atoms with van der Waals surface area (Å²) in [7, 11) is 0. The Labute approximate surface area is 101 Å². The van der Waals surface area contributed by atoms with Crippen molar-refractivity contribution in [3.8, 4) is 0 Å². The fraction of sp³-hybridized carbons (Fsp3) is 0.727. The largest absolute Gasteiger partial charge is 0.337 e. The summed E-state index contributed by atoms with van der Waals surface area (Å²) in [6.07, 6.45) is 2.47. The van der Waals surface area contributed by atoms with E-state index in [1.54, 1.807) is 0 Å². The predicted molar refractivity (Wildman–Crippen MR) is 63.5 cm³/mol. The molecule has 2 unspecified atom stereocenters. The number of H-pyrrole nitrogens is 1. The number of rotatable bonds is 3. The highest BCUT2D eigenvalue weighted by Crippen LogP contribution is 2.18. The molecule has 0 saturated carbocycles. The maximum absolute atomic E-state index is 12.1. The van der Waals surface area contributed by atoms with E-state index in [2.05, 4.69) is 34.6 Å². The van der Waals surface area contributed by atoms with Crippen LogP contribution in [0.5, 0.6) is 0 Å². The molecule has 1 amide bonds. The molecule has 2 rings (SSSR count). The molecule has 1 aliphatic rings. The zero-order valence-corrected chi connectivity index (χ0v) is 10.3. The van der Waals surface area contributed by atoms with Gasteiger partial charge < -0.3 is 10.2 Å². The van der Waals surface area contributed by atoms with Crippen molar-refractivity contribution in [2.75, 3.05) is 19.6 Å². The van der Waals surface area contributed by atoms with Crippen LogP contribution in [0.1, 0.15) is 30.8 Å². The van der Waals surface area contributed by atoms with Crippen molar-refractivity contribution >= 4 is 5.91 Å². The van der Waals surface area contributed by atoms with E-state index in [9.17, 15) is 4.79 Å². The van der Waals surface area contributed by atoms with Gasteiger partial charge in [0.2, 0.25) is 0 Å². The summed E-state index contributed by atoms with van der Waals surface area (Å²) in [6, 6.07) is 0.515. The van der Waals surface area contributed by atoms with Crippen molar-refractivity contribution in [3.63, 3.8) is 0 Å². The third kappa shape index (κ3) is 2.63. The molecule has 0 radical (unpaired) electrons. The molecule has 1 saturated heterocycles. The zero-order valence-electron chi connectivity index (χ0n) is 10.3. The number of hydrogen-bond acceptors (Lipinski definition) is 4. The minimum absolute atomic E-state index is 0.0273. The summed E-state index contributed by atoms with van der Waals surface area (Å²) in [5.41, 5.74) is 0.402.